The monoisotopic (exact) mass is 216 g/mol. The van der Waals surface area contributed by atoms with Crippen molar-refractivity contribution in [1.82, 2.24) is 10.1 Å². The highest BCUT2D eigenvalue weighted by Gasteiger charge is 2.13. The van der Waals surface area contributed by atoms with E-state index in [1.54, 1.807) is 6.07 Å². The predicted molar refractivity (Wildman–Crippen MR) is 61.5 cm³/mol. The molecule has 5 heteroatoms. The highest BCUT2D eigenvalue weighted by molar-refractivity contribution is 5.84. The lowest BCUT2D eigenvalue weighted by molar-refractivity contribution is 0.393. The van der Waals surface area contributed by atoms with Gasteiger partial charge in [0, 0.05) is 11.8 Å². The summed E-state index contributed by atoms with van der Waals surface area (Å²) in [6.45, 7) is 3.69. The molecule has 0 radical (unpaired) electrons. The van der Waals surface area contributed by atoms with Crippen LogP contribution in [0.2, 0.25) is 0 Å². The van der Waals surface area contributed by atoms with Crippen LogP contribution in [0, 0.1) is 19.3 Å². The lowest BCUT2D eigenvalue weighted by Crippen LogP contribution is -1.98. The van der Waals surface area contributed by atoms with Crippen molar-refractivity contribution in [2.75, 3.05) is 5.73 Å². The molecule has 0 bridgehead atoms. The zero-order valence-electron chi connectivity index (χ0n) is 9.11. The number of rotatable bonds is 2. The molecule has 16 heavy (non-hydrogen) atoms. The summed E-state index contributed by atoms with van der Waals surface area (Å²) in [6.07, 6.45) is 1.18. The summed E-state index contributed by atoms with van der Waals surface area (Å²) in [5.74, 6) is 1.06. The molecule has 0 fully saturated rings. The first-order chi connectivity index (χ1) is 7.63. The fourth-order valence-corrected chi connectivity index (χ4v) is 1.60. The Morgan fingerprint density at radius 2 is 2.12 bits per heavy atom. The molecule has 0 aromatic carbocycles. The predicted octanol–water partition coefficient (Wildman–Crippen LogP) is 1.93. The minimum Gasteiger partial charge on any atom is -0.383 e. The van der Waals surface area contributed by atoms with Gasteiger partial charge in [0.25, 0.3) is 0 Å². The molecule has 0 atom stereocenters. The summed E-state index contributed by atoms with van der Waals surface area (Å²) in [5, 5.41) is 11.0. The molecule has 0 aliphatic rings. The zero-order chi connectivity index (χ0) is 11.7. The van der Waals surface area contributed by atoms with Gasteiger partial charge in [0.2, 0.25) is 0 Å². The van der Waals surface area contributed by atoms with Gasteiger partial charge in [0.05, 0.1) is 17.0 Å². The third-order valence-electron chi connectivity index (χ3n) is 2.40. The molecule has 0 unspecified atom stereocenters. The number of aromatic nitrogens is 2. The fourth-order valence-electron chi connectivity index (χ4n) is 1.60. The molecule has 0 saturated carbocycles. The molecule has 3 N–H and O–H groups in total. The molecule has 2 aromatic rings. The molecule has 0 spiro atoms. The number of nitrogens with two attached hydrogens (primary N) is 1. The van der Waals surface area contributed by atoms with Crippen LogP contribution in [0.3, 0.4) is 0 Å². The molecule has 0 aliphatic carbocycles. The molecular weight excluding hydrogens is 204 g/mol. The van der Waals surface area contributed by atoms with E-state index in [9.17, 15) is 0 Å². The van der Waals surface area contributed by atoms with Crippen molar-refractivity contribution in [3.63, 3.8) is 0 Å². The van der Waals surface area contributed by atoms with Gasteiger partial charge in [-0.25, -0.2) is 4.98 Å². The Balaban J connectivity index is 2.57. The van der Waals surface area contributed by atoms with E-state index in [-0.39, 0.29) is 0 Å². The number of anilines is 1. The highest BCUT2D eigenvalue weighted by Crippen LogP contribution is 2.26. The molecule has 82 valence electrons. The lowest BCUT2D eigenvalue weighted by atomic mass is 10.1. The molecule has 5 nitrogen and oxygen atoms in total. The average molecular weight is 216 g/mol. The third kappa shape index (κ3) is 1.56. The minimum absolute atomic E-state index is 0.340. The Hall–Kier alpha value is -2.17. The normalized spacial score (nSPS) is 10.4. The van der Waals surface area contributed by atoms with Crippen molar-refractivity contribution in [1.29, 1.82) is 5.41 Å². The largest absolute Gasteiger partial charge is 0.383 e. The first kappa shape index (κ1) is 10.4. The SMILES string of the molecule is Cc1noc(C)c1-c1ccc(C=N)c(N)n1. The van der Waals surface area contributed by atoms with Crippen LogP contribution in [-0.2, 0) is 0 Å². The van der Waals surface area contributed by atoms with Crippen LogP contribution < -0.4 is 5.73 Å². The molecule has 2 rings (SSSR count). The minimum atomic E-state index is 0.340. The Morgan fingerprint density at radius 1 is 1.38 bits per heavy atom. The lowest BCUT2D eigenvalue weighted by Gasteiger charge is -2.03. The van der Waals surface area contributed by atoms with Crippen LogP contribution in [0.25, 0.3) is 11.3 Å². The van der Waals surface area contributed by atoms with E-state index in [4.69, 9.17) is 15.7 Å². The summed E-state index contributed by atoms with van der Waals surface area (Å²) in [7, 11) is 0. The number of nitrogen functional groups attached to an aromatic ring is 1. The van der Waals surface area contributed by atoms with Crippen LogP contribution in [0.15, 0.2) is 16.7 Å². The average Bonchev–Trinajstić information content (AvgIpc) is 2.58. The van der Waals surface area contributed by atoms with Gasteiger partial charge in [-0.3, -0.25) is 0 Å². The van der Waals surface area contributed by atoms with E-state index < -0.39 is 0 Å². The Bertz CT molecular complexity index is 525. The number of aryl methyl sites for hydroxylation is 2. The van der Waals surface area contributed by atoms with Crippen molar-refractivity contribution in [3.8, 4) is 11.3 Å². The maximum Gasteiger partial charge on any atom is 0.143 e. The van der Waals surface area contributed by atoms with Crippen molar-refractivity contribution in [2.24, 2.45) is 0 Å². The fraction of sp³-hybridized carbons (Fsp3) is 0.182. The van der Waals surface area contributed by atoms with E-state index in [0.29, 0.717) is 17.1 Å². The van der Waals surface area contributed by atoms with Crippen molar-refractivity contribution in [2.45, 2.75) is 13.8 Å². The molecule has 0 saturated heterocycles. The summed E-state index contributed by atoms with van der Waals surface area (Å²) < 4.78 is 5.07. The first-order valence-electron chi connectivity index (χ1n) is 4.83. The molecule has 0 aliphatic heterocycles. The first-order valence-corrected chi connectivity index (χ1v) is 4.83. The Morgan fingerprint density at radius 3 is 2.62 bits per heavy atom. The zero-order valence-corrected chi connectivity index (χ0v) is 9.11. The van der Waals surface area contributed by atoms with Gasteiger partial charge in [-0.15, -0.1) is 0 Å². The topological polar surface area (TPSA) is 88.8 Å². The smallest absolute Gasteiger partial charge is 0.143 e. The van der Waals surface area contributed by atoms with Gasteiger partial charge in [-0.2, -0.15) is 0 Å². The van der Waals surface area contributed by atoms with Crippen LogP contribution in [-0.4, -0.2) is 16.4 Å². The number of hydrogen-bond acceptors (Lipinski definition) is 5. The van der Waals surface area contributed by atoms with Gasteiger partial charge < -0.3 is 15.7 Å². The van der Waals surface area contributed by atoms with Crippen molar-refractivity contribution in [3.05, 3.63) is 29.2 Å². The molecule has 2 aromatic heterocycles. The van der Waals surface area contributed by atoms with Crippen LogP contribution >= 0.6 is 0 Å². The van der Waals surface area contributed by atoms with E-state index >= 15 is 0 Å². The van der Waals surface area contributed by atoms with E-state index in [2.05, 4.69) is 10.1 Å². The van der Waals surface area contributed by atoms with Gasteiger partial charge >= 0.3 is 0 Å². The second-order valence-electron chi connectivity index (χ2n) is 3.51. The molecular formula is C11H12N4O. The van der Waals surface area contributed by atoms with Crippen molar-refractivity contribution >= 4 is 12.0 Å². The Kier molecular flexibility index (Phi) is 2.44. The maximum absolute atomic E-state index is 7.14. The van der Waals surface area contributed by atoms with E-state index in [1.165, 1.54) is 6.21 Å². The van der Waals surface area contributed by atoms with Gasteiger partial charge in [-0.05, 0) is 26.0 Å². The number of pyridine rings is 1. The molecule has 2 heterocycles. The van der Waals surface area contributed by atoms with E-state index in [0.717, 1.165) is 17.0 Å². The number of nitrogens with zero attached hydrogens (tertiary/aromatic N) is 2. The van der Waals surface area contributed by atoms with Crippen molar-refractivity contribution < 1.29 is 4.52 Å². The third-order valence-corrected chi connectivity index (χ3v) is 2.40. The second kappa shape index (κ2) is 3.77. The van der Waals surface area contributed by atoms with Gasteiger partial charge in [0.1, 0.15) is 11.6 Å². The second-order valence-corrected chi connectivity index (χ2v) is 3.51. The van der Waals surface area contributed by atoms with Crippen LogP contribution in [0.4, 0.5) is 5.82 Å². The van der Waals surface area contributed by atoms with Gasteiger partial charge in [-0.1, -0.05) is 5.16 Å². The van der Waals surface area contributed by atoms with E-state index in [1.807, 2.05) is 19.9 Å². The number of hydrogen-bond donors (Lipinski definition) is 2. The summed E-state index contributed by atoms with van der Waals surface area (Å²) >= 11 is 0. The highest BCUT2D eigenvalue weighted by atomic mass is 16.5. The van der Waals surface area contributed by atoms with Crippen LogP contribution in [0.1, 0.15) is 17.0 Å². The molecule has 0 amide bonds. The standard InChI is InChI=1S/C11H12N4O/c1-6-10(7(2)16-15-6)9-4-3-8(5-12)11(13)14-9/h3-5,12H,1-2H3,(H2,13,14). The summed E-state index contributed by atoms with van der Waals surface area (Å²) in [4.78, 5) is 4.23. The number of nitrogens with one attached hydrogen (secondary N) is 1. The summed E-state index contributed by atoms with van der Waals surface area (Å²) in [5.41, 5.74) is 8.70. The summed E-state index contributed by atoms with van der Waals surface area (Å²) in [6, 6.07) is 3.57. The maximum atomic E-state index is 7.14. The van der Waals surface area contributed by atoms with Gasteiger partial charge in [0.15, 0.2) is 0 Å². The Labute approximate surface area is 92.8 Å². The van der Waals surface area contributed by atoms with Crippen LogP contribution in [0.5, 0.6) is 0 Å². The quantitative estimate of drug-likeness (QED) is 0.750.